The molecule has 0 fully saturated rings. The molecule has 0 radical (unpaired) electrons. The number of hydrogen-bond acceptors (Lipinski definition) is 4. The third-order valence-electron chi connectivity index (χ3n) is 2.26. The number of aromatic nitrogens is 1. The van der Waals surface area contributed by atoms with Gasteiger partial charge < -0.3 is 14.6 Å². The molecule has 1 rings (SSSR count). The van der Waals surface area contributed by atoms with E-state index in [0.717, 1.165) is 0 Å². The maximum atomic E-state index is 11.7. The smallest absolute Gasteiger partial charge is 0.273 e. The van der Waals surface area contributed by atoms with Gasteiger partial charge in [-0.1, -0.05) is 19.0 Å². The van der Waals surface area contributed by atoms with Crippen molar-refractivity contribution in [2.75, 3.05) is 13.7 Å². The van der Waals surface area contributed by atoms with Crippen LogP contribution in [0.2, 0.25) is 0 Å². The van der Waals surface area contributed by atoms with Gasteiger partial charge in [0.25, 0.3) is 5.91 Å². The molecule has 1 aromatic rings. The molecule has 1 atom stereocenters. The van der Waals surface area contributed by atoms with Gasteiger partial charge in [-0.3, -0.25) is 4.79 Å². The van der Waals surface area contributed by atoms with Crippen LogP contribution < -0.4 is 5.32 Å². The van der Waals surface area contributed by atoms with Gasteiger partial charge in [0.1, 0.15) is 6.61 Å². The van der Waals surface area contributed by atoms with Crippen LogP contribution in [0.3, 0.4) is 0 Å². The van der Waals surface area contributed by atoms with Crippen LogP contribution in [0.25, 0.3) is 0 Å². The molecule has 0 aliphatic rings. The molecule has 0 saturated carbocycles. The molecule has 1 heterocycles. The third kappa shape index (κ3) is 4.36. The van der Waals surface area contributed by atoms with Crippen molar-refractivity contribution in [2.24, 2.45) is 5.92 Å². The third-order valence-corrected chi connectivity index (χ3v) is 2.92. The summed E-state index contributed by atoms with van der Waals surface area (Å²) in [5, 5.41) is 6.26. The summed E-state index contributed by atoms with van der Waals surface area (Å²) in [7, 11) is 1.54. The number of rotatable bonds is 6. The highest BCUT2D eigenvalue weighted by atomic mass is 35.5. The topological polar surface area (TPSA) is 64.4 Å². The summed E-state index contributed by atoms with van der Waals surface area (Å²) in [4.78, 5) is 11.7. The van der Waals surface area contributed by atoms with Crippen molar-refractivity contribution in [2.45, 2.75) is 25.8 Å². The van der Waals surface area contributed by atoms with Gasteiger partial charge in [0, 0.05) is 19.7 Å². The molecule has 1 unspecified atom stereocenters. The molecule has 0 bridgehead atoms. The summed E-state index contributed by atoms with van der Waals surface area (Å²) in [6.07, 6.45) is 0. The first kappa shape index (κ1) is 14.0. The second-order valence-corrected chi connectivity index (χ2v) is 4.64. The largest absolute Gasteiger partial charge is 0.377 e. The maximum Gasteiger partial charge on any atom is 0.273 e. The molecule has 0 spiro atoms. The van der Waals surface area contributed by atoms with Crippen LogP contribution in [0, 0.1) is 5.92 Å². The molecular formula is C11H17ClN2O3. The molecular weight excluding hydrogens is 244 g/mol. The quantitative estimate of drug-likeness (QED) is 0.793. The SMILES string of the molecule is COCc1cc(C(=O)NCC(Cl)C(C)C)no1. The summed E-state index contributed by atoms with van der Waals surface area (Å²) in [6.45, 7) is 4.70. The fourth-order valence-electron chi connectivity index (χ4n) is 1.15. The van der Waals surface area contributed by atoms with Gasteiger partial charge in [-0.2, -0.15) is 0 Å². The highest BCUT2D eigenvalue weighted by molar-refractivity contribution is 6.21. The molecule has 96 valence electrons. The molecule has 0 saturated heterocycles. The predicted molar refractivity (Wildman–Crippen MR) is 64.0 cm³/mol. The Morgan fingerprint density at radius 2 is 2.35 bits per heavy atom. The Balaban J connectivity index is 2.46. The first-order valence-corrected chi connectivity index (χ1v) is 5.85. The molecule has 6 heteroatoms. The second kappa shape index (κ2) is 6.61. The van der Waals surface area contributed by atoms with E-state index in [4.69, 9.17) is 20.9 Å². The Morgan fingerprint density at radius 3 is 2.94 bits per heavy atom. The number of methoxy groups -OCH3 is 1. The fraction of sp³-hybridized carbons (Fsp3) is 0.636. The standard InChI is InChI=1S/C11H17ClN2O3/c1-7(2)9(12)5-13-11(15)10-4-8(6-16-3)17-14-10/h4,7,9H,5-6H2,1-3H3,(H,13,15). The van der Waals surface area contributed by atoms with Crippen molar-refractivity contribution in [3.8, 4) is 0 Å². The summed E-state index contributed by atoms with van der Waals surface area (Å²) in [6, 6.07) is 1.55. The zero-order chi connectivity index (χ0) is 12.8. The Kier molecular flexibility index (Phi) is 5.44. The molecule has 0 aliphatic carbocycles. The van der Waals surface area contributed by atoms with E-state index in [-0.39, 0.29) is 17.0 Å². The van der Waals surface area contributed by atoms with Crippen LogP contribution in [0.4, 0.5) is 0 Å². The van der Waals surface area contributed by atoms with E-state index in [1.54, 1.807) is 13.2 Å². The van der Waals surface area contributed by atoms with Crippen LogP contribution in [-0.4, -0.2) is 30.1 Å². The Labute approximate surface area is 105 Å². The highest BCUT2D eigenvalue weighted by Crippen LogP contribution is 2.09. The van der Waals surface area contributed by atoms with Gasteiger partial charge in [-0.05, 0) is 5.92 Å². The van der Waals surface area contributed by atoms with Crippen molar-refractivity contribution in [1.29, 1.82) is 0 Å². The van der Waals surface area contributed by atoms with Gasteiger partial charge in [0.05, 0.1) is 5.38 Å². The van der Waals surface area contributed by atoms with E-state index < -0.39 is 0 Å². The van der Waals surface area contributed by atoms with Crippen LogP contribution in [0.5, 0.6) is 0 Å². The summed E-state index contributed by atoms with van der Waals surface area (Å²) >= 11 is 6.02. The molecule has 1 aromatic heterocycles. The number of carbonyl (C=O) groups is 1. The number of halogens is 1. The van der Waals surface area contributed by atoms with Crippen LogP contribution >= 0.6 is 11.6 Å². The average Bonchev–Trinajstić information content (AvgIpc) is 2.74. The summed E-state index contributed by atoms with van der Waals surface area (Å²) in [5.41, 5.74) is 0.240. The molecule has 5 nitrogen and oxygen atoms in total. The van der Waals surface area contributed by atoms with Crippen molar-refractivity contribution < 1.29 is 14.1 Å². The van der Waals surface area contributed by atoms with E-state index in [1.165, 1.54) is 0 Å². The number of hydrogen-bond donors (Lipinski definition) is 1. The highest BCUT2D eigenvalue weighted by Gasteiger charge is 2.15. The van der Waals surface area contributed by atoms with Crippen LogP contribution in [-0.2, 0) is 11.3 Å². The molecule has 1 amide bonds. The van der Waals surface area contributed by atoms with Gasteiger partial charge in [0.15, 0.2) is 11.5 Å². The average molecular weight is 261 g/mol. The van der Waals surface area contributed by atoms with Crippen molar-refractivity contribution in [1.82, 2.24) is 10.5 Å². The maximum absolute atomic E-state index is 11.7. The van der Waals surface area contributed by atoms with Crippen molar-refractivity contribution in [3.63, 3.8) is 0 Å². The van der Waals surface area contributed by atoms with Gasteiger partial charge in [0.2, 0.25) is 0 Å². The predicted octanol–water partition coefficient (Wildman–Crippen LogP) is 1.81. The van der Waals surface area contributed by atoms with Gasteiger partial charge >= 0.3 is 0 Å². The summed E-state index contributed by atoms with van der Waals surface area (Å²) in [5.74, 6) is 0.532. The first-order valence-electron chi connectivity index (χ1n) is 5.41. The number of amides is 1. The fourth-order valence-corrected chi connectivity index (χ4v) is 1.22. The van der Waals surface area contributed by atoms with Gasteiger partial charge in [-0.15, -0.1) is 11.6 Å². The lowest BCUT2D eigenvalue weighted by molar-refractivity contribution is 0.0942. The lowest BCUT2D eigenvalue weighted by Crippen LogP contribution is -2.32. The number of nitrogens with zero attached hydrogens (tertiary/aromatic N) is 1. The van der Waals surface area contributed by atoms with E-state index in [0.29, 0.717) is 24.8 Å². The monoisotopic (exact) mass is 260 g/mol. The first-order chi connectivity index (χ1) is 8.04. The lowest BCUT2D eigenvalue weighted by Gasteiger charge is -2.13. The lowest BCUT2D eigenvalue weighted by atomic mass is 10.1. The van der Waals surface area contributed by atoms with E-state index >= 15 is 0 Å². The van der Waals surface area contributed by atoms with Crippen molar-refractivity contribution >= 4 is 17.5 Å². The minimum absolute atomic E-state index is 0.0932. The van der Waals surface area contributed by atoms with E-state index in [9.17, 15) is 4.79 Å². The zero-order valence-corrected chi connectivity index (χ0v) is 11.0. The van der Waals surface area contributed by atoms with Crippen LogP contribution in [0.15, 0.2) is 10.6 Å². The van der Waals surface area contributed by atoms with E-state index in [1.807, 2.05) is 13.8 Å². The van der Waals surface area contributed by atoms with Crippen molar-refractivity contribution in [3.05, 3.63) is 17.5 Å². The number of alkyl halides is 1. The van der Waals surface area contributed by atoms with Gasteiger partial charge in [-0.25, -0.2) is 0 Å². The number of ether oxygens (including phenoxy) is 1. The van der Waals surface area contributed by atoms with Crippen LogP contribution in [0.1, 0.15) is 30.1 Å². The summed E-state index contributed by atoms with van der Waals surface area (Å²) < 4.78 is 9.78. The molecule has 0 aliphatic heterocycles. The minimum atomic E-state index is -0.289. The van der Waals surface area contributed by atoms with E-state index in [2.05, 4.69) is 10.5 Å². The molecule has 0 aromatic carbocycles. The second-order valence-electron chi connectivity index (χ2n) is 4.08. The molecule has 1 N–H and O–H groups in total. The Hall–Kier alpha value is -1.07. The Morgan fingerprint density at radius 1 is 1.65 bits per heavy atom. The molecule has 17 heavy (non-hydrogen) atoms. The number of nitrogens with one attached hydrogen (secondary N) is 1. The zero-order valence-electron chi connectivity index (χ0n) is 10.2. The Bertz CT molecular complexity index is 365. The normalized spacial score (nSPS) is 12.8. The number of carbonyl (C=O) groups excluding carboxylic acids is 1. The minimum Gasteiger partial charge on any atom is -0.377 e.